The number of halogens is 1. The van der Waals surface area contributed by atoms with Crippen molar-refractivity contribution in [2.45, 2.75) is 32.7 Å². The first-order valence-electron chi connectivity index (χ1n) is 6.34. The van der Waals surface area contributed by atoms with Gasteiger partial charge in [0.15, 0.2) is 0 Å². The molecule has 0 aromatic heterocycles. The fourth-order valence-electron chi connectivity index (χ4n) is 1.90. The zero-order valence-electron chi connectivity index (χ0n) is 11.0. The molecule has 1 rings (SSSR count). The predicted molar refractivity (Wildman–Crippen MR) is 72.0 cm³/mol. The molecule has 0 saturated carbocycles. The number of nitrogens with zero attached hydrogens (tertiary/aromatic N) is 1. The molecule has 96 valence electrons. The first-order valence-corrected chi connectivity index (χ1v) is 6.34. The average Bonchev–Trinajstić information content (AvgIpc) is 2.29. The maximum atomic E-state index is 13.5. The van der Waals surface area contributed by atoms with Gasteiger partial charge in [0, 0.05) is 26.2 Å². The summed E-state index contributed by atoms with van der Waals surface area (Å²) in [7, 11) is 1.92. The molecule has 1 N–H and O–H groups in total. The number of likely N-dealkylation sites (N-methyl/N-ethyl adjacent to an activating group) is 1. The van der Waals surface area contributed by atoms with Gasteiger partial charge in [0.2, 0.25) is 0 Å². The smallest absolute Gasteiger partial charge is 0.146 e. The lowest BCUT2D eigenvalue weighted by Crippen LogP contribution is -2.34. The van der Waals surface area contributed by atoms with Crippen molar-refractivity contribution >= 4 is 5.69 Å². The van der Waals surface area contributed by atoms with E-state index in [4.69, 9.17) is 0 Å². The fourth-order valence-corrected chi connectivity index (χ4v) is 1.90. The van der Waals surface area contributed by atoms with Crippen LogP contribution in [0.15, 0.2) is 24.3 Å². The number of hydrogen-bond donors (Lipinski definition) is 1. The first kappa shape index (κ1) is 14.0. The third-order valence-electron chi connectivity index (χ3n) is 2.93. The van der Waals surface area contributed by atoms with E-state index in [1.165, 1.54) is 18.9 Å². The van der Waals surface area contributed by atoms with Crippen LogP contribution in [-0.4, -0.2) is 26.2 Å². The van der Waals surface area contributed by atoms with Crippen molar-refractivity contribution in [3.05, 3.63) is 30.1 Å². The third kappa shape index (κ3) is 4.73. The van der Waals surface area contributed by atoms with Gasteiger partial charge in [-0.15, -0.1) is 0 Å². The van der Waals surface area contributed by atoms with Crippen LogP contribution >= 0.6 is 0 Å². The maximum absolute atomic E-state index is 13.5. The Balaban J connectivity index is 2.35. The second-order valence-electron chi connectivity index (χ2n) is 4.52. The summed E-state index contributed by atoms with van der Waals surface area (Å²) < 4.78 is 13.5. The van der Waals surface area contributed by atoms with Crippen LogP contribution in [0.4, 0.5) is 10.1 Å². The molecule has 0 bridgehead atoms. The quantitative estimate of drug-likeness (QED) is 0.785. The highest BCUT2D eigenvalue weighted by molar-refractivity contribution is 5.46. The minimum absolute atomic E-state index is 0.156. The Hall–Kier alpha value is -1.09. The Bertz CT molecular complexity index is 328. The largest absolute Gasteiger partial charge is 0.371 e. The molecular weight excluding hydrogens is 215 g/mol. The SMILES string of the molecule is CCCC(C)NCCN(C)c1ccccc1F. The molecule has 0 fully saturated rings. The number of para-hydroxylation sites is 1. The molecule has 1 unspecified atom stereocenters. The molecule has 0 aliphatic rings. The minimum atomic E-state index is -0.156. The monoisotopic (exact) mass is 238 g/mol. The van der Waals surface area contributed by atoms with Gasteiger partial charge < -0.3 is 10.2 Å². The molecule has 0 radical (unpaired) electrons. The van der Waals surface area contributed by atoms with Gasteiger partial charge >= 0.3 is 0 Å². The van der Waals surface area contributed by atoms with E-state index in [0.717, 1.165) is 13.1 Å². The van der Waals surface area contributed by atoms with E-state index in [0.29, 0.717) is 11.7 Å². The molecule has 2 nitrogen and oxygen atoms in total. The summed E-state index contributed by atoms with van der Waals surface area (Å²) in [5.41, 5.74) is 0.664. The van der Waals surface area contributed by atoms with Gasteiger partial charge in [-0.2, -0.15) is 0 Å². The van der Waals surface area contributed by atoms with Crippen molar-refractivity contribution in [2.75, 3.05) is 25.0 Å². The molecule has 1 aromatic carbocycles. The molecule has 3 heteroatoms. The van der Waals surface area contributed by atoms with Gasteiger partial charge in [-0.1, -0.05) is 25.5 Å². The second-order valence-corrected chi connectivity index (χ2v) is 4.52. The van der Waals surface area contributed by atoms with Gasteiger partial charge in [-0.25, -0.2) is 4.39 Å². The Morgan fingerprint density at radius 2 is 2.06 bits per heavy atom. The van der Waals surface area contributed by atoms with E-state index in [-0.39, 0.29) is 5.82 Å². The van der Waals surface area contributed by atoms with Gasteiger partial charge in [-0.3, -0.25) is 0 Å². The highest BCUT2D eigenvalue weighted by Gasteiger charge is 2.06. The van der Waals surface area contributed by atoms with Crippen molar-refractivity contribution in [3.8, 4) is 0 Å². The highest BCUT2D eigenvalue weighted by atomic mass is 19.1. The Labute approximate surface area is 104 Å². The molecule has 0 saturated heterocycles. The van der Waals surface area contributed by atoms with Crippen LogP contribution in [0.5, 0.6) is 0 Å². The maximum Gasteiger partial charge on any atom is 0.146 e. The van der Waals surface area contributed by atoms with E-state index in [1.807, 2.05) is 24.1 Å². The molecule has 17 heavy (non-hydrogen) atoms. The lowest BCUT2D eigenvalue weighted by atomic mass is 10.2. The highest BCUT2D eigenvalue weighted by Crippen LogP contribution is 2.16. The standard InChI is InChI=1S/C14H23FN2/c1-4-7-12(2)16-10-11-17(3)14-9-6-5-8-13(14)15/h5-6,8-9,12,16H,4,7,10-11H2,1-3H3. The van der Waals surface area contributed by atoms with E-state index < -0.39 is 0 Å². The molecular formula is C14H23FN2. The zero-order chi connectivity index (χ0) is 12.7. The van der Waals surface area contributed by atoms with Crippen LogP contribution in [0.3, 0.4) is 0 Å². The Kier molecular flexibility index (Phi) is 5.98. The molecule has 0 amide bonds. The summed E-state index contributed by atoms with van der Waals surface area (Å²) in [6, 6.07) is 7.43. The number of benzene rings is 1. The molecule has 1 aromatic rings. The number of hydrogen-bond acceptors (Lipinski definition) is 2. The summed E-state index contributed by atoms with van der Waals surface area (Å²) >= 11 is 0. The van der Waals surface area contributed by atoms with Crippen LogP contribution in [-0.2, 0) is 0 Å². The van der Waals surface area contributed by atoms with Gasteiger partial charge in [0.25, 0.3) is 0 Å². The lowest BCUT2D eigenvalue weighted by Gasteiger charge is -2.21. The van der Waals surface area contributed by atoms with Gasteiger partial charge in [-0.05, 0) is 25.5 Å². The van der Waals surface area contributed by atoms with Crippen molar-refractivity contribution < 1.29 is 4.39 Å². The lowest BCUT2D eigenvalue weighted by molar-refractivity contribution is 0.511. The fraction of sp³-hybridized carbons (Fsp3) is 0.571. The third-order valence-corrected chi connectivity index (χ3v) is 2.93. The summed E-state index contributed by atoms with van der Waals surface area (Å²) in [6.07, 6.45) is 2.38. The number of nitrogens with one attached hydrogen (secondary N) is 1. The zero-order valence-corrected chi connectivity index (χ0v) is 11.0. The number of anilines is 1. The molecule has 0 spiro atoms. The van der Waals surface area contributed by atoms with Crippen molar-refractivity contribution in [3.63, 3.8) is 0 Å². The topological polar surface area (TPSA) is 15.3 Å². The van der Waals surface area contributed by atoms with E-state index in [1.54, 1.807) is 6.07 Å². The first-order chi connectivity index (χ1) is 8.15. The van der Waals surface area contributed by atoms with Gasteiger partial charge in [0.05, 0.1) is 5.69 Å². The molecule has 0 aliphatic carbocycles. The van der Waals surface area contributed by atoms with Crippen molar-refractivity contribution in [2.24, 2.45) is 0 Å². The van der Waals surface area contributed by atoms with Crippen molar-refractivity contribution in [1.82, 2.24) is 5.32 Å². The normalized spacial score (nSPS) is 12.5. The summed E-state index contributed by atoms with van der Waals surface area (Å²) in [6.45, 7) is 6.07. The van der Waals surface area contributed by atoms with Crippen LogP contribution in [0.1, 0.15) is 26.7 Å². The van der Waals surface area contributed by atoms with E-state index in [2.05, 4.69) is 19.2 Å². The minimum Gasteiger partial charge on any atom is -0.371 e. The van der Waals surface area contributed by atoms with Crippen molar-refractivity contribution in [1.29, 1.82) is 0 Å². The van der Waals surface area contributed by atoms with Crippen LogP contribution in [0.2, 0.25) is 0 Å². The van der Waals surface area contributed by atoms with E-state index in [9.17, 15) is 4.39 Å². The van der Waals surface area contributed by atoms with Crippen LogP contribution < -0.4 is 10.2 Å². The second kappa shape index (κ2) is 7.28. The van der Waals surface area contributed by atoms with Crippen LogP contribution in [0, 0.1) is 5.82 Å². The average molecular weight is 238 g/mol. The Morgan fingerprint density at radius 3 is 2.71 bits per heavy atom. The summed E-state index contributed by atoms with van der Waals surface area (Å²) in [5.74, 6) is -0.156. The van der Waals surface area contributed by atoms with Crippen LogP contribution in [0.25, 0.3) is 0 Å². The Morgan fingerprint density at radius 1 is 1.35 bits per heavy atom. The van der Waals surface area contributed by atoms with E-state index >= 15 is 0 Å². The summed E-state index contributed by atoms with van der Waals surface area (Å²) in [4.78, 5) is 1.95. The molecule has 0 heterocycles. The summed E-state index contributed by atoms with van der Waals surface area (Å²) in [5, 5.41) is 3.44. The van der Waals surface area contributed by atoms with Gasteiger partial charge in [0.1, 0.15) is 5.82 Å². The molecule has 1 atom stereocenters. The number of rotatable bonds is 7. The molecule has 0 aliphatic heterocycles. The predicted octanol–water partition coefficient (Wildman–Crippen LogP) is 3.04.